The van der Waals surface area contributed by atoms with Crippen molar-refractivity contribution in [3.8, 4) is 11.5 Å². The first-order valence-corrected chi connectivity index (χ1v) is 6.60. The highest BCUT2D eigenvalue weighted by Gasteiger charge is 2.24. The second kappa shape index (κ2) is 5.41. The Morgan fingerprint density at radius 1 is 1.35 bits per heavy atom. The maximum Gasteiger partial charge on any atom is 0.258 e. The van der Waals surface area contributed by atoms with Gasteiger partial charge in [-0.25, -0.2) is 0 Å². The summed E-state index contributed by atoms with van der Waals surface area (Å²) in [6.07, 6.45) is 3.66. The monoisotopic (exact) mass is 273 g/mol. The third-order valence-corrected chi connectivity index (χ3v) is 3.49. The van der Waals surface area contributed by atoms with E-state index in [9.17, 15) is 15.0 Å². The molecule has 2 N–H and O–H groups in total. The number of phenols is 2. The molecule has 0 aliphatic carbocycles. The van der Waals surface area contributed by atoms with Crippen molar-refractivity contribution in [3.05, 3.63) is 47.6 Å². The van der Waals surface area contributed by atoms with Crippen molar-refractivity contribution in [2.75, 3.05) is 13.1 Å². The molecule has 1 aromatic carbocycles. The van der Waals surface area contributed by atoms with Crippen molar-refractivity contribution in [2.24, 2.45) is 0 Å². The van der Waals surface area contributed by atoms with Crippen molar-refractivity contribution < 1.29 is 15.0 Å². The van der Waals surface area contributed by atoms with E-state index in [0.29, 0.717) is 18.7 Å². The molecular weight excluding hydrogens is 254 g/mol. The van der Waals surface area contributed by atoms with Crippen LogP contribution in [0.2, 0.25) is 0 Å². The molecule has 1 amide bonds. The number of hydrogen-bond acceptors (Lipinski definition) is 3. The fraction of sp³-hybridized carbons (Fsp3) is 0.312. The number of carbonyl (C=O) groups excluding carboxylic acids is 1. The summed E-state index contributed by atoms with van der Waals surface area (Å²) in [5.74, 6) is -0.343. The van der Waals surface area contributed by atoms with E-state index in [-0.39, 0.29) is 28.9 Å². The number of amides is 1. The number of aromatic hydroxyl groups is 2. The summed E-state index contributed by atoms with van der Waals surface area (Å²) < 4.78 is 0. The minimum absolute atomic E-state index is 0.0142. The lowest BCUT2D eigenvalue weighted by Crippen LogP contribution is -2.29. The summed E-state index contributed by atoms with van der Waals surface area (Å²) in [5, 5.41) is 19.7. The second-order valence-electron chi connectivity index (χ2n) is 5.25. The molecule has 20 heavy (non-hydrogen) atoms. The molecule has 0 unspecified atom stereocenters. The smallest absolute Gasteiger partial charge is 0.258 e. The zero-order chi connectivity index (χ0) is 14.9. The summed E-state index contributed by atoms with van der Waals surface area (Å²) in [5.41, 5.74) is 1.88. The molecule has 4 nitrogen and oxygen atoms in total. The van der Waals surface area contributed by atoms with Gasteiger partial charge in [0, 0.05) is 19.2 Å². The van der Waals surface area contributed by atoms with E-state index in [4.69, 9.17) is 0 Å². The molecule has 0 atom stereocenters. The first-order valence-electron chi connectivity index (χ1n) is 6.60. The summed E-state index contributed by atoms with van der Waals surface area (Å²) in [4.78, 5) is 14.1. The Bertz CT molecular complexity index is 588. The molecule has 1 aromatic rings. The second-order valence-corrected chi connectivity index (χ2v) is 5.25. The highest BCUT2D eigenvalue weighted by molar-refractivity contribution is 5.98. The number of benzene rings is 1. The predicted molar refractivity (Wildman–Crippen MR) is 78.0 cm³/mol. The Hall–Kier alpha value is -2.23. The molecule has 0 saturated carbocycles. The molecule has 0 saturated heterocycles. The number of rotatable bonds is 3. The molecule has 106 valence electrons. The van der Waals surface area contributed by atoms with E-state index in [1.807, 2.05) is 19.9 Å². The molecule has 4 heteroatoms. The van der Waals surface area contributed by atoms with Crippen LogP contribution in [0, 0.1) is 0 Å². The summed E-state index contributed by atoms with van der Waals surface area (Å²) >= 11 is 0. The molecule has 0 aromatic heterocycles. The number of hydrogen-bond donors (Lipinski definition) is 2. The lowest BCUT2D eigenvalue weighted by molar-refractivity contribution is 0.0795. The largest absolute Gasteiger partial charge is 0.508 e. The van der Waals surface area contributed by atoms with E-state index in [2.05, 4.69) is 6.58 Å². The van der Waals surface area contributed by atoms with Crippen LogP contribution in [0.1, 0.15) is 35.7 Å². The van der Waals surface area contributed by atoms with Gasteiger partial charge >= 0.3 is 0 Å². The van der Waals surface area contributed by atoms with Crippen molar-refractivity contribution in [1.29, 1.82) is 0 Å². The van der Waals surface area contributed by atoms with Gasteiger partial charge in [0.05, 0.1) is 5.56 Å². The van der Waals surface area contributed by atoms with Gasteiger partial charge in [0.15, 0.2) is 0 Å². The zero-order valence-corrected chi connectivity index (χ0v) is 11.8. The van der Waals surface area contributed by atoms with Crippen LogP contribution in [-0.2, 0) is 0 Å². The number of nitrogens with zero attached hydrogens (tertiary/aromatic N) is 1. The molecule has 0 fully saturated rings. The molecular formula is C16H19NO3. The van der Waals surface area contributed by atoms with Gasteiger partial charge < -0.3 is 15.1 Å². The molecule has 0 radical (unpaired) electrons. The Morgan fingerprint density at radius 2 is 2.05 bits per heavy atom. The first kappa shape index (κ1) is 14.2. The van der Waals surface area contributed by atoms with Crippen LogP contribution in [0.15, 0.2) is 36.4 Å². The molecule has 1 heterocycles. The first-order chi connectivity index (χ1) is 9.43. The Kier molecular flexibility index (Phi) is 3.84. The number of phenolic OH excluding ortho intramolecular Hbond substituents is 2. The molecule has 1 aliphatic rings. The minimum Gasteiger partial charge on any atom is -0.508 e. The van der Waals surface area contributed by atoms with E-state index in [1.165, 1.54) is 6.07 Å². The van der Waals surface area contributed by atoms with Crippen LogP contribution in [0.5, 0.6) is 11.5 Å². The van der Waals surface area contributed by atoms with Gasteiger partial charge in [0.2, 0.25) is 0 Å². The van der Waals surface area contributed by atoms with Gasteiger partial charge in [0.1, 0.15) is 11.5 Å². The van der Waals surface area contributed by atoms with Crippen LogP contribution in [0.3, 0.4) is 0 Å². The van der Waals surface area contributed by atoms with Crippen LogP contribution in [0.25, 0.3) is 0 Å². The van der Waals surface area contributed by atoms with Crippen LogP contribution in [-0.4, -0.2) is 34.1 Å². The normalized spacial score (nSPS) is 14.6. The van der Waals surface area contributed by atoms with Gasteiger partial charge in [-0.2, -0.15) is 0 Å². The Labute approximate surface area is 118 Å². The molecule has 0 spiro atoms. The van der Waals surface area contributed by atoms with E-state index in [0.717, 1.165) is 5.57 Å². The molecule has 0 bridgehead atoms. The predicted octanol–water partition coefficient (Wildman–Crippen LogP) is 2.79. The SMILES string of the molecule is C=CC1=CCN(C(=O)c2cc(C(C)C)c(O)cc2O)C1. The zero-order valence-electron chi connectivity index (χ0n) is 11.8. The van der Waals surface area contributed by atoms with Gasteiger partial charge in [-0.3, -0.25) is 4.79 Å². The average molecular weight is 273 g/mol. The topological polar surface area (TPSA) is 60.8 Å². The maximum absolute atomic E-state index is 12.4. The fourth-order valence-corrected chi connectivity index (χ4v) is 2.28. The summed E-state index contributed by atoms with van der Waals surface area (Å²) in [7, 11) is 0. The van der Waals surface area contributed by atoms with E-state index < -0.39 is 0 Å². The van der Waals surface area contributed by atoms with Crippen LogP contribution >= 0.6 is 0 Å². The van der Waals surface area contributed by atoms with Crippen LogP contribution in [0.4, 0.5) is 0 Å². The summed E-state index contributed by atoms with van der Waals surface area (Å²) in [6, 6.07) is 2.81. The quantitative estimate of drug-likeness (QED) is 0.890. The third-order valence-electron chi connectivity index (χ3n) is 3.49. The lowest BCUT2D eigenvalue weighted by Gasteiger charge is -2.18. The van der Waals surface area contributed by atoms with E-state index in [1.54, 1.807) is 17.0 Å². The van der Waals surface area contributed by atoms with Crippen molar-refractivity contribution >= 4 is 5.91 Å². The van der Waals surface area contributed by atoms with Gasteiger partial charge in [-0.15, -0.1) is 0 Å². The lowest BCUT2D eigenvalue weighted by atomic mass is 9.98. The Morgan fingerprint density at radius 3 is 2.60 bits per heavy atom. The third kappa shape index (κ3) is 2.54. The summed E-state index contributed by atoms with van der Waals surface area (Å²) in [6.45, 7) is 8.55. The van der Waals surface area contributed by atoms with Crippen LogP contribution < -0.4 is 0 Å². The maximum atomic E-state index is 12.4. The van der Waals surface area contributed by atoms with Gasteiger partial charge in [-0.05, 0) is 23.1 Å². The number of carbonyl (C=O) groups is 1. The van der Waals surface area contributed by atoms with Crippen molar-refractivity contribution in [3.63, 3.8) is 0 Å². The van der Waals surface area contributed by atoms with E-state index >= 15 is 0 Å². The fourth-order valence-electron chi connectivity index (χ4n) is 2.28. The molecule has 1 aliphatic heterocycles. The minimum atomic E-state index is -0.238. The van der Waals surface area contributed by atoms with Crippen molar-refractivity contribution in [2.45, 2.75) is 19.8 Å². The standard InChI is InChI=1S/C16H19NO3/c1-4-11-5-6-17(9-11)16(20)13-7-12(10(2)3)14(18)8-15(13)19/h4-5,7-8,10,18-19H,1,6,9H2,2-3H3. The molecule has 2 rings (SSSR count). The van der Waals surface area contributed by atoms with Gasteiger partial charge in [-0.1, -0.05) is 32.6 Å². The Balaban J connectivity index is 2.31. The van der Waals surface area contributed by atoms with Crippen molar-refractivity contribution in [1.82, 2.24) is 4.90 Å². The van der Waals surface area contributed by atoms with Gasteiger partial charge in [0.25, 0.3) is 5.91 Å². The average Bonchev–Trinajstić information content (AvgIpc) is 2.86. The highest BCUT2D eigenvalue weighted by atomic mass is 16.3. The highest BCUT2D eigenvalue weighted by Crippen LogP contribution is 2.33.